The van der Waals surface area contributed by atoms with Crippen LogP contribution in [0.1, 0.15) is 0 Å². The van der Waals surface area contributed by atoms with Crippen LogP contribution in [0.4, 0.5) is 0 Å². The Bertz CT molecular complexity index is 351. The largest absolute Gasteiger partial charge is 0.143 e. The van der Waals surface area contributed by atoms with Crippen LogP contribution in [0.2, 0.25) is 0 Å². The maximum absolute atomic E-state index is 2.74. The van der Waals surface area contributed by atoms with Gasteiger partial charge in [0.05, 0.1) is 0 Å². The van der Waals surface area contributed by atoms with Crippen molar-refractivity contribution in [2.45, 2.75) is 0 Å². The Kier molecular flexibility index (Phi) is 1.48. The number of benzene rings is 1. The molecular formula is C8H7PS. The second-order valence-corrected chi connectivity index (χ2v) is 3.72. The Labute approximate surface area is 66.1 Å². The van der Waals surface area contributed by atoms with Crippen molar-refractivity contribution in [2.75, 3.05) is 0 Å². The van der Waals surface area contributed by atoms with Crippen LogP contribution in [0.3, 0.4) is 0 Å². The van der Waals surface area contributed by atoms with Gasteiger partial charge in [0.25, 0.3) is 0 Å². The minimum absolute atomic E-state index is 1.31. The molecule has 0 saturated heterocycles. The van der Waals surface area contributed by atoms with Gasteiger partial charge in [-0.05, 0) is 22.1 Å². The fourth-order valence-corrected chi connectivity index (χ4v) is 2.41. The van der Waals surface area contributed by atoms with Crippen LogP contribution >= 0.6 is 20.6 Å². The number of thiophene rings is 1. The lowest BCUT2D eigenvalue weighted by atomic mass is 10.3. The average Bonchev–Trinajstić information content (AvgIpc) is 2.34. The topological polar surface area (TPSA) is 0 Å². The number of hydrogen-bond acceptors (Lipinski definition) is 1. The molecule has 0 saturated carbocycles. The molecule has 0 N–H and O–H groups in total. The first-order chi connectivity index (χ1) is 4.88. The van der Waals surface area contributed by atoms with Crippen LogP contribution < -0.4 is 5.30 Å². The first-order valence-corrected chi connectivity index (χ1v) is 4.55. The molecule has 1 heterocycles. The zero-order valence-electron chi connectivity index (χ0n) is 5.37. The van der Waals surface area contributed by atoms with Crippen molar-refractivity contribution in [3.8, 4) is 0 Å². The molecule has 0 aliphatic carbocycles. The van der Waals surface area contributed by atoms with Crippen molar-refractivity contribution < 1.29 is 0 Å². The van der Waals surface area contributed by atoms with E-state index in [0.717, 1.165) is 0 Å². The summed E-state index contributed by atoms with van der Waals surface area (Å²) in [5.41, 5.74) is 0. The van der Waals surface area contributed by atoms with E-state index in [1.807, 2.05) is 0 Å². The number of fused-ring (bicyclic) bond motifs is 1. The summed E-state index contributed by atoms with van der Waals surface area (Å²) >= 11 is 1.79. The lowest BCUT2D eigenvalue weighted by molar-refractivity contribution is 1.87. The van der Waals surface area contributed by atoms with Gasteiger partial charge in [0.15, 0.2) is 0 Å². The molecular weight excluding hydrogens is 159 g/mol. The van der Waals surface area contributed by atoms with Crippen molar-refractivity contribution in [2.24, 2.45) is 0 Å². The highest BCUT2D eigenvalue weighted by atomic mass is 32.1. The smallest absolute Gasteiger partial charge is 0.0349 e. The summed E-state index contributed by atoms with van der Waals surface area (Å²) in [5, 5.41) is 4.83. The highest BCUT2D eigenvalue weighted by Gasteiger charge is 1.95. The van der Waals surface area contributed by atoms with Crippen LogP contribution in [0.15, 0.2) is 29.6 Å². The van der Waals surface area contributed by atoms with Gasteiger partial charge in [0, 0.05) is 4.70 Å². The van der Waals surface area contributed by atoms with E-state index in [1.54, 1.807) is 11.3 Å². The summed E-state index contributed by atoms with van der Waals surface area (Å²) < 4.78 is 1.37. The summed E-state index contributed by atoms with van der Waals surface area (Å²) in [6.45, 7) is 0. The summed E-state index contributed by atoms with van der Waals surface area (Å²) in [5.74, 6) is 0. The molecule has 0 nitrogen and oxygen atoms in total. The third-order valence-electron chi connectivity index (χ3n) is 1.51. The number of rotatable bonds is 0. The molecule has 2 aromatic rings. The van der Waals surface area contributed by atoms with E-state index in [4.69, 9.17) is 0 Å². The summed E-state index contributed by atoms with van der Waals surface area (Å²) in [4.78, 5) is 0. The summed E-state index contributed by atoms with van der Waals surface area (Å²) in [7, 11) is 2.74. The summed E-state index contributed by atoms with van der Waals surface area (Å²) in [6, 6.07) is 8.44. The molecule has 0 spiro atoms. The Morgan fingerprint density at radius 1 is 1.20 bits per heavy atom. The second-order valence-electron chi connectivity index (χ2n) is 2.19. The molecule has 0 aliphatic heterocycles. The molecule has 10 heavy (non-hydrogen) atoms. The van der Waals surface area contributed by atoms with E-state index in [9.17, 15) is 0 Å². The molecule has 1 aromatic heterocycles. The lowest BCUT2D eigenvalue weighted by Crippen LogP contribution is -1.81. The Morgan fingerprint density at radius 3 is 2.80 bits per heavy atom. The van der Waals surface area contributed by atoms with E-state index in [0.29, 0.717) is 0 Å². The van der Waals surface area contributed by atoms with Crippen molar-refractivity contribution in [3.05, 3.63) is 29.6 Å². The van der Waals surface area contributed by atoms with Crippen molar-refractivity contribution in [1.29, 1.82) is 0 Å². The van der Waals surface area contributed by atoms with Gasteiger partial charge >= 0.3 is 0 Å². The molecule has 0 aliphatic rings. The Morgan fingerprint density at radius 2 is 2.00 bits per heavy atom. The van der Waals surface area contributed by atoms with Crippen molar-refractivity contribution in [1.82, 2.24) is 0 Å². The predicted molar refractivity (Wildman–Crippen MR) is 51.2 cm³/mol. The maximum Gasteiger partial charge on any atom is 0.0349 e. The molecule has 0 fully saturated rings. The molecule has 0 radical (unpaired) electrons. The first-order valence-electron chi connectivity index (χ1n) is 3.09. The lowest BCUT2D eigenvalue weighted by Gasteiger charge is -1.86. The zero-order chi connectivity index (χ0) is 6.97. The van der Waals surface area contributed by atoms with E-state index in [2.05, 4.69) is 38.9 Å². The standard InChI is InChI=1S/C8H7PS/c9-7-5-10-8-4-2-1-3-6(7)8/h1-5H,9H2. The van der Waals surface area contributed by atoms with Crippen LogP contribution in [-0.4, -0.2) is 0 Å². The third kappa shape index (κ3) is 0.865. The average molecular weight is 166 g/mol. The van der Waals surface area contributed by atoms with E-state index >= 15 is 0 Å². The monoisotopic (exact) mass is 166 g/mol. The zero-order valence-corrected chi connectivity index (χ0v) is 7.34. The van der Waals surface area contributed by atoms with Crippen LogP contribution in [0.25, 0.3) is 10.1 Å². The Hall–Kier alpha value is -0.390. The van der Waals surface area contributed by atoms with Crippen molar-refractivity contribution >= 4 is 36.0 Å². The molecule has 0 bridgehead atoms. The minimum Gasteiger partial charge on any atom is -0.143 e. The highest BCUT2D eigenvalue weighted by molar-refractivity contribution is 7.32. The molecule has 0 amide bonds. The molecule has 2 heteroatoms. The maximum atomic E-state index is 2.74. The number of hydrogen-bond donors (Lipinski definition) is 0. The minimum atomic E-state index is 1.31. The molecule has 1 atom stereocenters. The van der Waals surface area contributed by atoms with Crippen LogP contribution in [-0.2, 0) is 0 Å². The fourth-order valence-electron chi connectivity index (χ4n) is 0.998. The quantitative estimate of drug-likeness (QED) is 0.527. The Balaban J connectivity index is 2.93. The fraction of sp³-hybridized carbons (Fsp3) is 0. The van der Waals surface area contributed by atoms with Crippen LogP contribution in [0, 0.1) is 0 Å². The van der Waals surface area contributed by atoms with Gasteiger partial charge in [0.2, 0.25) is 0 Å². The van der Waals surface area contributed by atoms with Gasteiger partial charge in [-0.15, -0.1) is 20.6 Å². The van der Waals surface area contributed by atoms with E-state index in [1.165, 1.54) is 15.4 Å². The second kappa shape index (κ2) is 2.34. The summed E-state index contributed by atoms with van der Waals surface area (Å²) in [6.07, 6.45) is 0. The van der Waals surface area contributed by atoms with Gasteiger partial charge in [-0.1, -0.05) is 18.2 Å². The third-order valence-corrected chi connectivity index (χ3v) is 3.21. The SMILES string of the molecule is Pc1csc2ccccc12. The van der Waals surface area contributed by atoms with Crippen LogP contribution in [0.5, 0.6) is 0 Å². The van der Waals surface area contributed by atoms with Gasteiger partial charge in [-0.3, -0.25) is 0 Å². The highest BCUT2D eigenvalue weighted by Crippen LogP contribution is 2.19. The van der Waals surface area contributed by atoms with Gasteiger partial charge in [0.1, 0.15) is 0 Å². The van der Waals surface area contributed by atoms with Gasteiger partial charge in [-0.25, -0.2) is 0 Å². The molecule has 2 rings (SSSR count). The van der Waals surface area contributed by atoms with E-state index < -0.39 is 0 Å². The normalized spacial score (nSPS) is 10.5. The molecule has 1 aromatic carbocycles. The van der Waals surface area contributed by atoms with Crippen molar-refractivity contribution in [3.63, 3.8) is 0 Å². The van der Waals surface area contributed by atoms with E-state index in [-0.39, 0.29) is 0 Å². The predicted octanol–water partition coefficient (Wildman–Crippen LogP) is 2.40. The molecule has 50 valence electrons. The first kappa shape index (κ1) is 6.33. The molecule has 1 unspecified atom stereocenters. The van der Waals surface area contributed by atoms with Gasteiger partial charge < -0.3 is 0 Å². The van der Waals surface area contributed by atoms with Gasteiger partial charge in [-0.2, -0.15) is 0 Å².